The van der Waals surface area contributed by atoms with Crippen molar-refractivity contribution < 1.29 is 9.53 Å². The van der Waals surface area contributed by atoms with Crippen molar-refractivity contribution in [1.29, 1.82) is 0 Å². The molecule has 4 rings (SSSR count). The molecular weight excluding hydrogens is 380 g/mol. The maximum atomic E-state index is 13.4. The third kappa shape index (κ3) is 4.00. The number of carbonyl (C=O) groups is 1. The minimum absolute atomic E-state index is 0.251. The Kier molecular flexibility index (Phi) is 5.43. The van der Waals surface area contributed by atoms with Gasteiger partial charge in [-0.1, -0.05) is 18.2 Å². The van der Waals surface area contributed by atoms with Gasteiger partial charge >= 0.3 is 5.97 Å². The van der Waals surface area contributed by atoms with Crippen LogP contribution < -0.4 is 5.56 Å². The van der Waals surface area contributed by atoms with E-state index in [0.29, 0.717) is 29.0 Å². The quantitative estimate of drug-likeness (QED) is 0.379. The molecule has 3 heterocycles. The lowest BCUT2D eigenvalue weighted by atomic mass is 10.1. The van der Waals surface area contributed by atoms with Gasteiger partial charge in [0.2, 0.25) is 0 Å². The van der Waals surface area contributed by atoms with E-state index >= 15 is 0 Å². The summed E-state index contributed by atoms with van der Waals surface area (Å²) in [7, 11) is 1.32. The molecule has 0 fully saturated rings. The van der Waals surface area contributed by atoms with Crippen molar-refractivity contribution in [3.8, 4) is 5.69 Å². The van der Waals surface area contributed by atoms with Crippen LogP contribution in [0, 0.1) is 0 Å². The molecule has 0 saturated heterocycles. The third-order valence-electron chi connectivity index (χ3n) is 4.52. The first-order valence-corrected chi connectivity index (χ1v) is 9.28. The number of benzene rings is 1. The molecule has 0 spiro atoms. The molecule has 0 aliphatic heterocycles. The number of hydrogen-bond donors (Lipinski definition) is 0. The SMILES string of the molecule is COC(=O)/C=C/c1cccc(-n2c(=O)c(Cc3cccnc3)nc3cccnc32)c1. The van der Waals surface area contributed by atoms with Crippen LogP contribution in [0.5, 0.6) is 0 Å². The third-order valence-corrected chi connectivity index (χ3v) is 4.52. The van der Waals surface area contributed by atoms with Gasteiger partial charge in [-0.05, 0) is 47.5 Å². The van der Waals surface area contributed by atoms with Gasteiger partial charge in [0, 0.05) is 31.1 Å². The van der Waals surface area contributed by atoms with Crippen molar-refractivity contribution in [2.45, 2.75) is 6.42 Å². The summed E-state index contributed by atoms with van der Waals surface area (Å²) in [5, 5.41) is 0. The summed E-state index contributed by atoms with van der Waals surface area (Å²) in [5.74, 6) is -0.452. The number of fused-ring (bicyclic) bond motifs is 1. The molecule has 0 unspecified atom stereocenters. The first-order valence-electron chi connectivity index (χ1n) is 9.28. The Bertz CT molecular complexity index is 1300. The molecule has 1 aromatic carbocycles. The van der Waals surface area contributed by atoms with E-state index in [0.717, 1.165) is 11.1 Å². The first kappa shape index (κ1) is 19.2. The minimum Gasteiger partial charge on any atom is -0.466 e. The molecule has 0 atom stereocenters. The lowest BCUT2D eigenvalue weighted by molar-refractivity contribution is -0.134. The highest BCUT2D eigenvalue weighted by Gasteiger charge is 2.14. The molecule has 0 aliphatic rings. The number of aromatic nitrogens is 4. The lowest BCUT2D eigenvalue weighted by Gasteiger charge is -2.12. The van der Waals surface area contributed by atoms with Crippen LogP contribution in [0.3, 0.4) is 0 Å². The van der Waals surface area contributed by atoms with Crippen molar-refractivity contribution >= 4 is 23.2 Å². The molecule has 0 amide bonds. The smallest absolute Gasteiger partial charge is 0.330 e. The maximum Gasteiger partial charge on any atom is 0.330 e. The zero-order chi connectivity index (χ0) is 20.9. The molecule has 0 radical (unpaired) electrons. The van der Waals surface area contributed by atoms with Crippen LogP contribution in [0.25, 0.3) is 22.9 Å². The van der Waals surface area contributed by atoms with E-state index < -0.39 is 5.97 Å². The molecule has 7 heteroatoms. The molecule has 7 nitrogen and oxygen atoms in total. The van der Waals surface area contributed by atoms with Crippen LogP contribution in [0.4, 0.5) is 0 Å². The van der Waals surface area contributed by atoms with E-state index in [4.69, 9.17) is 0 Å². The predicted molar refractivity (Wildman–Crippen MR) is 113 cm³/mol. The summed E-state index contributed by atoms with van der Waals surface area (Å²) in [6, 6.07) is 14.6. The Labute approximate surface area is 172 Å². The van der Waals surface area contributed by atoms with Crippen molar-refractivity contribution in [3.63, 3.8) is 0 Å². The Morgan fingerprint density at radius 2 is 2.00 bits per heavy atom. The summed E-state index contributed by atoms with van der Waals surface area (Å²) in [6.45, 7) is 0. The number of hydrogen-bond acceptors (Lipinski definition) is 6. The molecule has 0 N–H and O–H groups in total. The highest BCUT2D eigenvalue weighted by molar-refractivity contribution is 5.87. The normalized spacial score (nSPS) is 11.1. The Hall–Kier alpha value is -4.13. The van der Waals surface area contributed by atoms with Gasteiger partial charge in [-0.25, -0.2) is 14.8 Å². The average molecular weight is 398 g/mol. The Morgan fingerprint density at radius 1 is 1.13 bits per heavy atom. The van der Waals surface area contributed by atoms with E-state index in [1.807, 2.05) is 42.5 Å². The van der Waals surface area contributed by atoms with Gasteiger partial charge in [0.1, 0.15) is 11.2 Å². The van der Waals surface area contributed by atoms with Gasteiger partial charge in [0.25, 0.3) is 5.56 Å². The van der Waals surface area contributed by atoms with E-state index in [2.05, 4.69) is 19.7 Å². The Balaban J connectivity index is 1.86. The van der Waals surface area contributed by atoms with Crippen LogP contribution in [-0.2, 0) is 16.0 Å². The van der Waals surface area contributed by atoms with Crippen molar-refractivity contribution in [3.05, 3.63) is 100 Å². The topological polar surface area (TPSA) is 87.0 Å². The zero-order valence-electron chi connectivity index (χ0n) is 16.2. The largest absolute Gasteiger partial charge is 0.466 e. The van der Waals surface area contributed by atoms with Crippen molar-refractivity contribution in [2.24, 2.45) is 0 Å². The second-order valence-corrected chi connectivity index (χ2v) is 6.53. The van der Waals surface area contributed by atoms with Gasteiger partial charge in [-0.3, -0.25) is 14.3 Å². The van der Waals surface area contributed by atoms with Gasteiger partial charge in [0.15, 0.2) is 5.65 Å². The molecule has 0 saturated carbocycles. The second-order valence-electron chi connectivity index (χ2n) is 6.53. The average Bonchev–Trinajstić information content (AvgIpc) is 2.79. The van der Waals surface area contributed by atoms with E-state index in [-0.39, 0.29) is 5.56 Å². The predicted octanol–water partition coefficient (Wildman–Crippen LogP) is 2.95. The maximum absolute atomic E-state index is 13.4. The van der Waals surface area contributed by atoms with Crippen LogP contribution >= 0.6 is 0 Å². The van der Waals surface area contributed by atoms with Crippen LogP contribution in [0.15, 0.2) is 78.0 Å². The fraction of sp³-hybridized carbons (Fsp3) is 0.0870. The Morgan fingerprint density at radius 3 is 2.80 bits per heavy atom. The zero-order valence-corrected chi connectivity index (χ0v) is 16.2. The van der Waals surface area contributed by atoms with Crippen LogP contribution in [0.2, 0.25) is 0 Å². The number of pyridine rings is 2. The number of carbonyl (C=O) groups excluding carboxylic acids is 1. The minimum atomic E-state index is -0.452. The second kappa shape index (κ2) is 8.48. The van der Waals surface area contributed by atoms with E-state index in [1.54, 1.807) is 35.3 Å². The highest BCUT2D eigenvalue weighted by atomic mass is 16.5. The monoisotopic (exact) mass is 398 g/mol. The molecule has 0 bridgehead atoms. The summed E-state index contributed by atoms with van der Waals surface area (Å²) >= 11 is 0. The fourth-order valence-electron chi connectivity index (χ4n) is 3.12. The van der Waals surface area contributed by atoms with Crippen molar-refractivity contribution in [1.82, 2.24) is 19.5 Å². The van der Waals surface area contributed by atoms with Gasteiger partial charge < -0.3 is 4.74 Å². The summed E-state index contributed by atoms with van der Waals surface area (Å²) < 4.78 is 6.18. The van der Waals surface area contributed by atoms with Crippen LogP contribution in [-0.4, -0.2) is 32.6 Å². The van der Waals surface area contributed by atoms with Gasteiger partial charge in [0.05, 0.1) is 12.8 Å². The summed E-state index contributed by atoms with van der Waals surface area (Å²) in [6.07, 6.45) is 8.36. The number of esters is 1. The molecule has 0 aliphatic carbocycles. The number of nitrogens with zero attached hydrogens (tertiary/aromatic N) is 4. The molecule has 4 aromatic rings. The summed E-state index contributed by atoms with van der Waals surface area (Å²) in [4.78, 5) is 37.8. The number of ether oxygens (including phenoxy) is 1. The molecular formula is C23H18N4O3. The van der Waals surface area contributed by atoms with Crippen molar-refractivity contribution in [2.75, 3.05) is 7.11 Å². The van der Waals surface area contributed by atoms with Crippen LogP contribution in [0.1, 0.15) is 16.8 Å². The fourth-order valence-corrected chi connectivity index (χ4v) is 3.12. The van der Waals surface area contributed by atoms with Gasteiger partial charge in [-0.15, -0.1) is 0 Å². The van der Waals surface area contributed by atoms with E-state index in [9.17, 15) is 9.59 Å². The molecule has 3 aromatic heterocycles. The lowest BCUT2D eigenvalue weighted by Crippen LogP contribution is -2.25. The summed E-state index contributed by atoms with van der Waals surface area (Å²) in [5.41, 5.74) is 3.51. The number of rotatable bonds is 5. The number of methoxy groups -OCH3 is 1. The highest BCUT2D eigenvalue weighted by Crippen LogP contribution is 2.17. The standard InChI is InChI=1S/C23H18N4O3/c1-30-21(28)10-9-16-5-2-7-18(13-16)27-22-19(8-4-12-25-22)26-20(23(27)29)14-17-6-3-11-24-15-17/h2-13,15H,14H2,1H3/b10-9+. The molecule has 30 heavy (non-hydrogen) atoms. The molecule has 148 valence electrons. The van der Waals surface area contributed by atoms with E-state index in [1.165, 1.54) is 13.2 Å². The first-order chi connectivity index (χ1) is 14.7. The van der Waals surface area contributed by atoms with Gasteiger partial charge in [-0.2, -0.15) is 0 Å².